The van der Waals surface area contributed by atoms with Crippen LogP contribution in [0.2, 0.25) is 0 Å². The summed E-state index contributed by atoms with van der Waals surface area (Å²) in [5.74, 6) is 0.405. The van der Waals surface area contributed by atoms with Crippen molar-refractivity contribution in [2.24, 2.45) is 5.92 Å². The molecule has 16 heavy (non-hydrogen) atoms. The van der Waals surface area contributed by atoms with Crippen LogP contribution >= 0.6 is 11.3 Å². The maximum Gasteiger partial charge on any atom is 0.123 e. The molecule has 0 saturated heterocycles. The first kappa shape index (κ1) is 11.3. The molecular weight excluding hydrogens is 221 g/mol. The van der Waals surface area contributed by atoms with Crippen molar-refractivity contribution in [2.75, 3.05) is 0 Å². The molecule has 2 rings (SSSR count). The van der Waals surface area contributed by atoms with Gasteiger partial charge in [-0.15, -0.1) is 11.3 Å². The van der Waals surface area contributed by atoms with E-state index in [4.69, 9.17) is 0 Å². The smallest absolute Gasteiger partial charge is 0.123 e. The maximum absolute atomic E-state index is 13.1. The molecule has 0 bridgehead atoms. The van der Waals surface area contributed by atoms with E-state index in [2.05, 4.69) is 18.8 Å². The van der Waals surface area contributed by atoms with E-state index in [1.54, 1.807) is 23.5 Å². The lowest BCUT2D eigenvalue weighted by atomic mass is 10.1. The molecule has 0 spiro atoms. The summed E-state index contributed by atoms with van der Waals surface area (Å²) in [5.41, 5.74) is 0.910. The monoisotopic (exact) mass is 235 g/mol. The number of benzene rings is 1. The molecule has 0 aliphatic heterocycles. The van der Waals surface area contributed by atoms with Crippen molar-refractivity contribution < 1.29 is 4.39 Å². The number of thiazole rings is 1. The molecule has 0 saturated carbocycles. The first-order valence-corrected chi connectivity index (χ1v) is 6.17. The summed E-state index contributed by atoms with van der Waals surface area (Å²) in [6, 6.07) is 6.65. The van der Waals surface area contributed by atoms with E-state index < -0.39 is 0 Å². The van der Waals surface area contributed by atoms with Gasteiger partial charge in [-0.3, -0.25) is 0 Å². The predicted octanol–water partition coefficient (Wildman–Crippen LogP) is 4.15. The maximum atomic E-state index is 13.1. The van der Waals surface area contributed by atoms with E-state index in [-0.39, 0.29) is 5.82 Å². The Balaban J connectivity index is 2.24. The largest absolute Gasteiger partial charge is 0.249 e. The highest BCUT2D eigenvalue weighted by Gasteiger charge is 2.06. The van der Waals surface area contributed by atoms with Crippen LogP contribution in [0.5, 0.6) is 0 Å². The Morgan fingerprint density at radius 2 is 2.19 bits per heavy atom. The highest BCUT2D eigenvalue weighted by Crippen LogP contribution is 2.27. The van der Waals surface area contributed by atoms with Gasteiger partial charge in [0.1, 0.15) is 5.82 Å². The topological polar surface area (TPSA) is 12.9 Å². The van der Waals surface area contributed by atoms with Gasteiger partial charge in [-0.2, -0.15) is 0 Å². The van der Waals surface area contributed by atoms with Crippen LogP contribution in [0.1, 0.15) is 18.9 Å². The molecule has 2 aromatic rings. The van der Waals surface area contributed by atoms with E-state index in [9.17, 15) is 4.39 Å². The molecule has 0 fully saturated rings. The van der Waals surface area contributed by atoms with Crippen LogP contribution in [-0.2, 0) is 6.42 Å². The van der Waals surface area contributed by atoms with Gasteiger partial charge in [-0.05, 0) is 23.6 Å². The molecule has 1 aromatic heterocycles. The van der Waals surface area contributed by atoms with Crippen molar-refractivity contribution in [1.29, 1.82) is 0 Å². The highest BCUT2D eigenvalue weighted by atomic mass is 32.1. The van der Waals surface area contributed by atoms with Crippen molar-refractivity contribution in [3.63, 3.8) is 0 Å². The zero-order chi connectivity index (χ0) is 11.5. The molecular formula is C13H14FNS. The number of rotatable bonds is 3. The van der Waals surface area contributed by atoms with E-state index >= 15 is 0 Å². The minimum absolute atomic E-state index is 0.198. The van der Waals surface area contributed by atoms with Crippen LogP contribution < -0.4 is 0 Å². The second-order valence-corrected chi connectivity index (χ2v) is 5.34. The SMILES string of the molecule is CC(C)Cc1ncc(-c2cccc(F)c2)s1. The predicted molar refractivity (Wildman–Crippen MR) is 66.1 cm³/mol. The number of hydrogen-bond donors (Lipinski definition) is 0. The van der Waals surface area contributed by atoms with Gasteiger partial charge in [-0.25, -0.2) is 9.37 Å². The summed E-state index contributed by atoms with van der Waals surface area (Å²) >= 11 is 1.65. The fraction of sp³-hybridized carbons (Fsp3) is 0.308. The Morgan fingerprint density at radius 1 is 1.38 bits per heavy atom. The standard InChI is InChI=1S/C13H14FNS/c1-9(2)6-13-15-8-12(16-13)10-4-3-5-11(14)7-10/h3-5,7-9H,6H2,1-2H3. The van der Waals surface area contributed by atoms with Gasteiger partial charge in [0.2, 0.25) is 0 Å². The fourth-order valence-corrected chi connectivity index (χ4v) is 2.66. The lowest BCUT2D eigenvalue weighted by Gasteiger charge is -1.98. The Morgan fingerprint density at radius 3 is 2.88 bits per heavy atom. The lowest BCUT2D eigenvalue weighted by Crippen LogP contribution is -1.91. The molecule has 3 heteroatoms. The first-order chi connectivity index (χ1) is 7.65. The minimum atomic E-state index is -0.198. The van der Waals surface area contributed by atoms with Gasteiger partial charge in [0.25, 0.3) is 0 Å². The molecule has 84 valence electrons. The Bertz CT molecular complexity index is 476. The van der Waals surface area contributed by atoms with Crippen molar-refractivity contribution >= 4 is 11.3 Å². The number of hydrogen-bond acceptors (Lipinski definition) is 2. The number of halogens is 1. The Hall–Kier alpha value is -1.22. The van der Waals surface area contributed by atoms with Crippen molar-refractivity contribution in [3.05, 3.63) is 41.3 Å². The van der Waals surface area contributed by atoms with E-state index in [0.29, 0.717) is 5.92 Å². The molecule has 1 aromatic carbocycles. The van der Waals surface area contributed by atoms with Crippen molar-refractivity contribution in [2.45, 2.75) is 20.3 Å². The zero-order valence-electron chi connectivity index (χ0n) is 9.40. The average molecular weight is 235 g/mol. The lowest BCUT2D eigenvalue weighted by molar-refractivity contribution is 0.628. The summed E-state index contributed by atoms with van der Waals surface area (Å²) in [4.78, 5) is 5.40. The second-order valence-electron chi connectivity index (χ2n) is 4.23. The summed E-state index contributed by atoms with van der Waals surface area (Å²) < 4.78 is 13.1. The Kier molecular flexibility index (Phi) is 3.34. The van der Waals surface area contributed by atoms with E-state index in [1.807, 2.05) is 12.3 Å². The van der Waals surface area contributed by atoms with Crippen LogP contribution in [-0.4, -0.2) is 4.98 Å². The summed E-state index contributed by atoms with van der Waals surface area (Å²) in [5, 5.41) is 1.12. The molecule has 1 heterocycles. The van der Waals surface area contributed by atoms with Crippen LogP contribution in [0.25, 0.3) is 10.4 Å². The van der Waals surface area contributed by atoms with E-state index in [0.717, 1.165) is 21.9 Å². The van der Waals surface area contributed by atoms with Crippen LogP contribution in [0.3, 0.4) is 0 Å². The molecule has 0 amide bonds. The molecule has 0 atom stereocenters. The van der Waals surface area contributed by atoms with Gasteiger partial charge in [0.05, 0.1) is 9.88 Å². The normalized spacial score (nSPS) is 11.0. The van der Waals surface area contributed by atoms with Gasteiger partial charge >= 0.3 is 0 Å². The van der Waals surface area contributed by atoms with Crippen molar-refractivity contribution in [1.82, 2.24) is 4.98 Å². The molecule has 0 aliphatic rings. The molecule has 0 aliphatic carbocycles. The van der Waals surface area contributed by atoms with Crippen LogP contribution in [0.15, 0.2) is 30.5 Å². The van der Waals surface area contributed by atoms with Crippen LogP contribution in [0, 0.1) is 11.7 Å². The van der Waals surface area contributed by atoms with Gasteiger partial charge in [0.15, 0.2) is 0 Å². The van der Waals surface area contributed by atoms with Crippen LogP contribution in [0.4, 0.5) is 4.39 Å². The van der Waals surface area contributed by atoms with Gasteiger partial charge in [-0.1, -0.05) is 26.0 Å². The third-order valence-corrected chi connectivity index (χ3v) is 3.31. The summed E-state index contributed by atoms with van der Waals surface area (Å²) in [6.07, 6.45) is 2.82. The second kappa shape index (κ2) is 4.74. The number of nitrogens with zero attached hydrogens (tertiary/aromatic N) is 1. The molecule has 0 radical (unpaired) electrons. The zero-order valence-corrected chi connectivity index (χ0v) is 10.2. The third kappa shape index (κ3) is 2.67. The molecule has 0 N–H and O–H groups in total. The summed E-state index contributed by atoms with van der Waals surface area (Å²) in [7, 11) is 0. The quantitative estimate of drug-likeness (QED) is 0.779. The van der Waals surface area contributed by atoms with Gasteiger partial charge < -0.3 is 0 Å². The first-order valence-electron chi connectivity index (χ1n) is 5.36. The number of aromatic nitrogens is 1. The highest BCUT2D eigenvalue weighted by molar-refractivity contribution is 7.15. The summed E-state index contributed by atoms with van der Waals surface area (Å²) in [6.45, 7) is 4.34. The minimum Gasteiger partial charge on any atom is -0.249 e. The fourth-order valence-electron chi connectivity index (χ4n) is 1.53. The molecule has 0 unspecified atom stereocenters. The van der Waals surface area contributed by atoms with Gasteiger partial charge in [0, 0.05) is 12.6 Å². The van der Waals surface area contributed by atoms with E-state index in [1.165, 1.54) is 6.07 Å². The Labute approximate surface area is 99.0 Å². The average Bonchev–Trinajstić information content (AvgIpc) is 2.65. The van der Waals surface area contributed by atoms with Crippen molar-refractivity contribution in [3.8, 4) is 10.4 Å². The third-order valence-electron chi connectivity index (χ3n) is 2.25. The molecule has 1 nitrogen and oxygen atoms in total.